The second-order valence-corrected chi connectivity index (χ2v) is 5.38. The van der Waals surface area contributed by atoms with Gasteiger partial charge in [-0.15, -0.1) is 0 Å². The molecule has 1 atom stereocenters. The molecule has 0 radical (unpaired) electrons. The lowest BCUT2D eigenvalue weighted by atomic mass is 9.94. The first-order chi connectivity index (χ1) is 9.25. The summed E-state index contributed by atoms with van der Waals surface area (Å²) in [4.78, 5) is 13.9. The summed E-state index contributed by atoms with van der Waals surface area (Å²) in [5.74, 6) is 0.669. The largest absolute Gasteiger partial charge is 0.388 e. The van der Waals surface area contributed by atoms with Gasteiger partial charge in [0, 0.05) is 12.6 Å². The van der Waals surface area contributed by atoms with E-state index in [2.05, 4.69) is 10.3 Å². The Labute approximate surface area is 117 Å². The molecule has 1 aromatic heterocycles. The van der Waals surface area contributed by atoms with Crippen molar-refractivity contribution in [2.75, 3.05) is 11.9 Å². The molecule has 2 N–H and O–H groups in total. The minimum atomic E-state index is -0.912. The van der Waals surface area contributed by atoms with Gasteiger partial charge in [0.2, 0.25) is 5.69 Å². The minimum Gasteiger partial charge on any atom is -0.388 e. The lowest BCUT2D eigenvalue weighted by molar-refractivity contribution is -0.385. The Balaban J connectivity index is 2.80. The van der Waals surface area contributed by atoms with E-state index in [1.54, 1.807) is 13.0 Å². The van der Waals surface area contributed by atoms with Crippen LogP contribution in [0.25, 0.3) is 0 Å². The predicted octanol–water partition coefficient (Wildman–Crippen LogP) is 2.07. The van der Waals surface area contributed by atoms with E-state index in [-0.39, 0.29) is 17.9 Å². The number of aromatic nitrogens is 1. The van der Waals surface area contributed by atoms with Crippen molar-refractivity contribution < 1.29 is 10.0 Å². The molecular weight excluding hydrogens is 260 g/mol. The smallest absolute Gasteiger partial charge is 0.305 e. The van der Waals surface area contributed by atoms with Crippen LogP contribution in [0.1, 0.15) is 32.9 Å². The molecule has 0 aromatic carbocycles. The number of aliphatic hydroxyl groups is 1. The van der Waals surface area contributed by atoms with E-state index in [4.69, 9.17) is 5.26 Å². The molecule has 7 nitrogen and oxygen atoms in total. The molecule has 0 spiro atoms. The fourth-order valence-corrected chi connectivity index (χ4v) is 2.01. The highest BCUT2D eigenvalue weighted by atomic mass is 16.6. The number of hydrogen-bond donors (Lipinski definition) is 2. The monoisotopic (exact) mass is 278 g/mol. The lowest BCUT2D eigenvalue weighted by Gasteiger charge is -2.25. The third-order valence-corrected chi connectivity index (χ3v) is 2.67. The van der Waals surface area contributed by atoms with Crippen LogP contribution in [-0.4, -0.2) is 27.2 Å². The maximum atomic E-state index is 10.7. The molecule has 1 aromatic rings. The van der Waals surface area contributed by atoms with Gasteiger partial charge in [0.15, 0.2) is 0 Å². The van der Waals surface area contributed by atoms with Crippen LogP contribution in [0.3, 0.4) is 0 Å². The minimum absolute atomic E-state index is 0.247. The zero-order valence-corrected chi connectivity index (χ0v) is 11.8. The first kappa shape index (κ1) is 15.9. The van der Waals surface area contributed by atoms with Crippen LogP contribution in [0, 0.1) is 27.4 Å². The summed E-state index contributed by atoms with van der Waals surface area (Å²) < 4.78 is 0. The van der Waals surface area contributed by atoms with E-state index < -0.39 is 10.5 Å². The predicted molar refractivity (Wildman–Crippen MR) is 74.2 cm³/mol. The molecule has 1 heterocycles. The number of nitro groups is 1. The summed E-state index contributed by atoms with van der Waals surface area (Å²) >= 11 is 0. The molecule has 1 unspecified atom stereocenters. The van der Waals surface area contributed by atoms with E-state index in [1.807, 2.05) is 13.8 Å². The maximum Gasteiger partial charge on any atom is 0.305 e. The highest BCUT2D eigenvalue weighted by molar-refractivity contribution is 5.50. The van der Waals surface area contributed by atoms with Crippen LogP contribution in [-0.2, 0) is 0 Å². The Bertz CT molecular complexity index is 535. The van der Waals surface area contributed by atoms with Gasteiger partial charge in [-0.1, -0.05) is 13.8 Å². The molecule has 0 aliphatic rings. The molecular formula is C13H18N4O3. The third kappa shape index (κ3) is 4.48. The average molecular weight is 278 g/mol. The molecule has 20 heavy (non-hydrogen) atoms. The van der Waals surface area contributed by atoms with Gasteiger partial charge in [-0.25, -0.2) is 4.98 Å². The molecule has 0 amide bonds. The number of hydrogen-bond acceptors (Lipinski definition) is 6. The Hall–Kier alpha value is -2.20. The molecule has 0 fully saturated rings. The van der Waals surface area contributed by atoms with Crippen LogP contribution in [0.2, 0.25) is 0 Å². The van der Waals surface area contributed by atoms with Crippen molar-refractivity contribution in [1.29, 1.82) is 5.26 Å². The van der Waals surface area contributed by atoms with Gasteiger partial charge < -0.3 is 10.4 Å². The second kappa shape index (κ2) is 6.30. The van der Waals surface area contributed by atoms with Crippen LogP contribution in [0.4, 0.5) is 11.5 Å². The third-order valence-electron chi connectivity index (χ3n) is 2.67. The first-order valence-corrected chi connectivity index (χ1v) is 6.27. The van der Waals surface area contributed by atoms with Gasteiger partial charge in [0.1, 0.15) is 11.9 Å². The van der Waals surface area contributed by atoms with E-state index in [9.17, 15) is 15.2 Å². The zero-order chi connectivity index (χ0) is 15.3. The van der Waals surface area contributed by atoms with Gasteiger partial charge in [-0.2, -0.15) is 5.26 Å². The Kier molecular flexibility index (Phi) is 5.00. The van der Waals surface area contributed by atoms with Crippen molar-refractivity contribution in [1.82, 2.24) is 4.98 Å². The van der Waals surface area contributed by atoms with Gasteiger partial charge in [0.05, 0.1) is 10.5 Å². The van der Waals surface area contributed by atoms with Crippen molar-refractivity contribution in [2.45, 2.75) is 32.8 Å². The second-order valence-electron chi connectivity index (χ2n) is 5.38. The lowest BCUT2D eigenvalue weighted by Crippen LogP contribution is -2.35. The Morgan fingerprint density at radius 2 is 2.25 bits per heavy atom. The summed E-state index contributed by atoms with van der Waals surface area (Å²) in [5, 5.41) is 32.6. The van der Waals surface area contributed by atoms with Crippen molar-refractivity contribution in [3.8, 4) is 6.07 Å². The number of anilines is 1. The summed E-state index contributed by atoms with van der Waals surface area (Å²) in [6.07, 6.45) is 0.609. The van der Waals surface area contributed by atoms with Crippen LogP contribution in [0.15, 0.2) is 12.1 Å². The zero-order valence-electron chi connectivity index (χ0n) is 11.8. The van der Waals surface area contributed by atoms with Crippen LogP contribution in [0.5, 0.6) is 0 Å². The highest BCUT2D eigenvalue weighted by Crippen LogP contribution is 2.20. The summed E-state index contributed by atoms with van der Waals surface area (Å²) in [5.41, 5.74) is -1.49. The van der Waals surface area contributed by atoms with E-state index >= 15 is 0 Å². The first-order valence-electron chi connectivity index (χ1n) is 6.27. The average Bonchev–Trinajstić information content (AvgIpc) is 2.34. The summed E-state index contributed by atoms with van der Waals surface area (Å²) in [6, 6.07) is 4.34. The molecule has 0 aliphatic heterocycles. The SMILES string of the molecule is CC(C)CC(C)(O)CNc1ccc([N+](=O)[O-])c(C#N)n1. The summed E-state index contributed by atoms with van der Waals surface area (Å²) in [6.45, 7) is 5.97. The molecule has 0 saturated heterocycles. The van der Waals surface area contributed by atoms with Gasteiger partial charge in [0.25, 0.3) is 0 Å². The maximum absolute atomic E-state index is 10.7. The Morgan fingerprint density at radius 3 is 2.75 bits per heavy atom. The molecule has 0 bridgehead atoms. The number of rotatable bonds is 6. The molecule has 0 aliphatic carbocycles. The van der Waals surface area contributed by atoms with E-state index in [0.717, 1.165) is 0 Å². The van der Waals surface area contributed by atoms with Gasteiger partial charge in [-0.05, 0) is 25.3 Å². The van der Waals surface area contributed by atoms with Crippen LogP contribution >= 0.6 is 0 Å². The number of nitrogens with one attached hydrogen (secondary N) is 1. The Morgan fingerprint density at radius 1 is 1.60 bits per heavy atom. The molecule has 1 rings (SSSR count). The molecule has 7 heteroatoms. The van der Waals surface area contributed by atoms with Crippen molar-refractivity contribution >= 4 is 11.5 Å². The topological polar surface area (TPSA) is 112 Å². The van der Waals surface area contributed by atoms with Crippen molar-refractivity contribution in [2.24, 2.45) is 5.92 Å². The van der Waals surface area contributed by atoms with Crippen molar-refractivity contribution in [3.05, 3.63) is 27.9 Å². The highest BCUT2D eigenvalue weighted by Gasteiger charge is 2.22. The van der Waals surface area contributed by atoms with Crippen molar-refractivity contribution in [3.63, 3.8) is 0 Å². The number of pyridine rings is 1. The number of nitrogens with zero attached hydrogens (tertiary/aromatic N) is 3. The van der Waals surface area contributed by atoms with E-state index in [0.29, 0.717) is 18.2 Å². The van der Waals surface area contributed by atoms with Gasteiger partial charge >= 0.3 is 5.69 Å². The fraction of sp³-hybridized carbons (Fsp3) is 0.538. The fourth-order valence-electron chi connectivity index (χ4n) is 2.01. The molecule has 0 saturated carbocycles. The number of nitriles is 1. The van der Waals surface area contributed by atoms with Crippen LogP contribution < -0.4 is 5.32 Å². The standard InChI is InChI=1S/C13H18N4O3/c1-9(2)6-13(3,18)8-15-12-5-4-11(17(19)20)10(7-14)16-12/h4-5,9,18H,6,8H2,1-3H3,(H,15,16). The van der Waals surface area contributed by atoms with Gasteiger partial charge in [-0.3, -0.25) is 10.1 Å². The quantitative estimate of drug-likeness (QED) is 0.608. The summed E-state index contributed by atoms with van der Waals surface area (Å²) in [7, 11) is 0. The van der Waals surface area contributed by atoms with E-state index in [1.165, 1.54) is 12.1 Å². The molecule has 108 valence electrons. The normalized spacial score (nSPS) is 13.6.